The minimum absolute atomic E-state index is 0.368. The van der Waals surface area contributed by atoms with Crippen LogP contribution in [-0.4, -0.2) is 26.4 Å². The van der Waals surface area contributed by atoms with Gasteiger partial charge in [0.15, 0.2) is 0 Å². The fraction of sp³-hybridized carbons (Fsp3) is 0.625. The molecule has 0 amide bonds. The summed E-state index contributed by atoms with van der Waals surface area (Å²) in [7, 11) is 0. The second-order valence-corrected chi connectivity index (χ2v) is 5.73. The van der Waals surface area contributed by atoms with E-state index in [2.05, 4.69) is 38.2 Å². The minimum Gasteiger partial charge on any atom is -0.493 e. The Hall–Kier alpha value is -1.06. The van der Waals surface area contributed by atoms with E-state index in [4.69, 9.17) is 9.47 Å². The van der Waals surface area contributed by atoms with Crippen molar-refractivity contribution in [1.29, 1.82) is 0 Å². The molecule has 0 spiro atoms. The molecule has 0 saturated heterocycles. The molecular weight excluding hydrogens is 238 g/mol. The van der Waals surface area contributed by atoms with Crippen LogP contribution < -0.4 is 10.1 Å². The Morgan fingerprint density at radius 1 is 1.37 bits per heavy atom. The highest BCUT2D eigenvalue weighted by atomic mass is 16.5. The van der Waals surface area contributed by atoms with Gasteiger partial charge in [-0.1, -0.05) is 39.0 Å². The van der Waals surface area contributed by atoms with Crippen molar-refractivity contribution in [1.82, 2.24) is 5.32 Å². The standard InChI is InChI=1S/C16H25NO2/c1-12(2)10-18-9-8-17-16-13(3)11-19-15-7-5-4-6-14(15)16/h4-7,12-13,16-17H,8-11H2,1-3H3. The molecule has 1 aliphatic heterocycles. The summed E-state index contributed by atoms with van der Waals surface area (Å²) < 4.78 is 11.4. The maximum absolute atomic E-state index is 5.75. The van der Waals surface area contributed by atoms with Crippen molar-refractivity contribution in [2.24, 2.45) is 11.8 Å². The monoisotopic (exact) mass is 263 g/mol. The maximum Gasteiger partial charge on any atom is 0.124 e. The van der Waals surface area contributed by atoms with Crippen LogP contribution in [0.4, 0.5) is 0 Å². The molecule has 0 fully saturated rings. The Balaban J connectivity index is 1.85. The lowest BCUT2D eigenvalue weighted by Gasteiger charge is -2.32. The van der Waals surface area contributed by atoms with E-state index in [0.29, 0.717) is 17.9 Å². The molecule has 3 nitrogen and oxygen atoms in total. The summed E-state index contributed by atoms with van der Waals surface area (Å²) in [6.45, 7) is 9.83. The van der Waals surface area contributed by atoms with E-state index in [1.807, 2.05) is 12.1 Å². The van der Waals surface area contributed by atoms with Crippen LogP contribution in [0.25, 0.3) is 0 Å². The fourth-order valence-electron chi connectivity index (χ4n) is 2.41. The van der Waals surface area contributed by atoms with Gasteiger partial charge in [0.1, 0.15) is 5.75 Å². The molecule has 19 heavy (non-hydrogen) atoms. The van der Waals surface area contributed by atoms with Crippen LogP contribution in [0.1, 0.15) is 32.4 Å². The van der Waals surface area contributed by atoms with Gasteiger partial charge >= 0.3 is 0 Å². The fourth-order valence-corrected chi connectivity index (χ4v) is 2.41. The minimum atomic E-state index is 0.368. The van der Waals surface area contributed by atoms with E-state index >= 15 is 0 Å². The molecule has 0 saturated carbocycles. The second kappa shape index (κ2) is 6.92. The Morgan fingerprint density at radius 3 is 2.95 bits per heavy atom. The van der Waals surface area contributed by atoms with Gasteiger partial charge in [-0.05, 0) is 12.0 Å². The number of benzene rings is 1. The summed E-state index contributed by atoms with van der Waals surface area (Å²) in [6, 6.07) is 8.66. The predicted molar refractivity (Wildman–Crippen MR) is 77.5 cm³/mol. The number of para-hydroxylation sites is 1. The first kappa shape index (κ1) is 14.4. The van der Waals surface area contributed by atoms with Crippen molar-refractivity contribution in [2.45, 2.75) is 26.8 Å². The topological polar surface area (TPSA) is 30.5 Å². The van der Waals surface area contributed by atoms with Gasteiger partial charge in [-0.15, -0.1) is 0 Å². The molecule has 3 heteroatoms. The molecule has 2 atom stereocenters. The number of nitrogens with one attached hydrogen (secondary N) is 1. The van der Waals surface area contributed by atoms with Crippen LogP contribution in [0.2, 0.25) is 0 Å². The first-order valence-corrected chi connectivity index (χ1v) is 7.21. The smallest absolute Gasteiger partial charge is 0.124 e. The van der Waals surface area contributed by atoms with Crippen molar-refractivity contribution >= 4 is 0 Å². The largest absolute Gasteiger partial charge is 0.493 e. The third-order valence-electron chi connectivity index (χ3n) is 3.39. The molecule has 2 unspecified atom stereocenters. The molecule has 2 rings (SSSR count). The van der Waals surface area contributed by atoms with E-state index in [0.717, 1.165) is 32.1 Å². The van der Waals surface area contributed by atoms with Crippen LogP contribution in [0.5, 0.6) is 5.75 Å². The lowest BCUT2D eigenvalue weighted by Crippen LogP contribution is -2.35. The number of fused-ring (bicyclic) bond motifs is 1. The Kier molecular flexibility index (Phi) is 5.23. The van der Waals surface area contributed by atoms with Gasteiger partial charge in [-0.25, -0.2) is 0 Å². The zero-order valence-corrected chi connectivity index (χ0v) is 12.2. The molecule has 1 aliphatic rings. The molecule has 0 aliphatic carbocycles. The number of rotatable bonds is 6. The van der Waals surface area contributed by atoms with E-state index in [1.54, 1.807) is 0 Å². The highest BCUT2D eigenvalue weighted by Gasteiger charge is 2.26. The molecular formula is C16H25NO2. The summed E-state index contributed by atoms with van der Waals surface area (Å²) in [4.78, 5) is 0. The van der Waals surface area contributed by atoms with Gasteiger partial charge in [0.25, 0.3) is 0 Å². The maximum atomic E-state index is 5.75. The normalized spacial score (nSPS) is 22.1. The van der Waals surface area contributed by atoms with Gasteiger partial charge in [0, 0.05) is 30.7 Å². The third-order valence-corrected chi connectivity index (χ3v) is 3.39. The van der Waals surface area contributed by atoms with E-state index in [9.17, 15) is 0 Å². The summed E-state index contributed by atoms with van der Waals surface area (Å²) in [5, 5.41) is 3.60. The van der Waals surface area contributed by atoms with Crippen molar-refractivity contribution in [3.63, 3.8) is 0 Å². The summed E-state index contributed by atoms with van der Waals surface area (Å²) in [5.74, 6) is 2.10. The van der Waals surface area contributed by atoms with Gasteiger partial charge in [-0.2, -0.15) is 0 Å². The highest BCUT2D eigenvalue weighted by molar-refractivity contribution is 5.37. The van der Waals surface area contributed by atoms with Crippen molar-refractivity contribution in [3.8, 4) is 5.75 Å². The third kappa shape index (κ3) is 3.95. The summed E-state index contributed by atoms with van der Waals surface area (Å²) in [6.07, 6.45) is 0. The van der Waals surface area contributed by atoms with Crippen molar-refractivity contribution in [3.05, 3.63) is 29.8 Å². The Bertz CT molecular complexity index is 392. The van der Waals surface area contributed by atoms with Crippen LogP contribution in [0.3, 0.4) is 0 Å². The van der Waals surface area contributed by atoms with Gasteiger partial charge in [0.2, 0.25) is 0 Å². The lowest BCUT2D eigenvalue weighted by molar-refractivity contribution is 0.104. The van der Waals surface area contributed by atoms with Crippen LogP contribution in [-0.2, 0) is 4.74 Å². The quantitative estimate of drug-likeness (QED) is 0.800. The lowest BCUT2D eigenvalue weighted by atomic mass is 9.92. The molecule has 1 aromatic rings. The predicted octanol–water partition coefficient (Wildman–Crippen LogP) is 3.02. The van der Waals surface area contributed by atoms with Gasteiger partial charge in [-0.3, -0.25) is 0 Å². The zero-order chi connectivity index (χ0) is 13.7. The van der Waals surface area contributed by atoms with Crippen LogP contribution in [0, 0.1) is 11.8 Å². The van der Waals surface area contributed by atoms with Gasteiger partial charge in [0.05, 0.1) is 13.2 Å². The van der Waals surface area contributed by atoms with E-state index in [1.165, 1.54) is 5.56 Å². The summed E-state index contributed by atoms with van der Waals surface area (Å²) >= 11 is 0. The molecule has 0 radical (unpaired) electrons. The second-order valence-electron chi connectivity index (χ2n) is 5.73. The average Bonchev–Trinajstić information content (AvgIpc) is 2.40. The van der Waals surface area contributed by atoms with Gasteiger partial charge < -0.3 is 14.8 Å². The molecule has 1 aromatic carbocycles. The van der Waals surface area contributed by atoms with E-state index in [-0.39, 0.29) is 0 Å². The molecule has 0 aromatic heterocycles. The number of ether oxygens (including phenoxy) is 2. The SMILES string of the molecule is CC(C)COCCNC1c2ccccc2OCC1C. The van der Waals surface area contributed by atoms with Crippen LogP contribution in [0.15, 0.2) is 24.3 Å². The summed E-state index contributed by atoms with van der Waals surface area (Å²) in [5.41, 5.74) is 1.27. The molecule has 1 N–H and O–H groups in total. The zero-order valence-electron chi connectivity index (χ0n) is 12.2. The average molecular weight is 263 g/mol. The highest BCUT2D eigenvalue weighted by Crippen LogP contribution is 2.34. The Labute approximate surface area is 116 Å². The van der Waals surface area contributed by atoms with Crippen molar-refractivity contribution in [2.75, 3.05) is 26.4 Å². The molecule has 106 valence electrons. The number of hydrogen-bond acceptors (Lipinski definition) is 3. The van der Waals surface area contributed by atoms with E-state index < -0.39 is 0 Å². The first-order valence-electron chi connectivity index (χ1n) is 7.21. The Morgan fingerprint density at radius 2 is 2.16 bits per heavy atom. The molecule has 0 bridgehead atoms. The first-order chi connectivity index (χ1) is 9.18. The van der Waals surface area contributed by atoms with Crippen molar-refractivity contribution < 1.29 is 9.47 Å². The molecule has 1 heterocycles. The van der Waals surface area contributed by atoms with Crippen LogP contribution >= 0.6 is 0 Å². The number of hydrogen-bond donors (Lipinski definition) is 1.